The fourth-order valence-electron chi connectivity index (χ4n) is 2.55. The lowest BCUT2D eigenvalue weighted by atomic mass is 9.96. The van der Waals surface area contributed by atoms with E-state index in [9.17, 15) is 4.79 Å². The summed E-state index contributed by atoms with van der Waals surface area (Å²) in [7, 11) is 1.72. The van der Waals surface area contributed by atoms with Crippen molar-refractivity contribution in [3.05, 3.63) is 34.3 Å². The quantitative estimate of drug-likeness (QED) is 0.301. The minimum absolute atomic E-state index is 0. The van der Waals surface area contributed by atoms with Crippen molar-refractivity contribution in [2.24, 2.45) is 4.99 Å². The van der Waals surface area contributed by atoms with Crippen LogP contribution in [0.15, 0.2) is 33.7 Å². The van der Waals surface area contributed by atoms with Crippen molar-refractivity contribution in [1.29, 1.82) is 0 Å². The Morgan fingerprint density at radius 1 is 1.25 bits per heavy atom. The summed E-state index contributed by atoms with van der Waals surface area (Å²) in [6, 6.07) is 8.37. The first-order valence-electron chi connectivity index (χ1n) is 8.07. The highest BCUT2D eigenvalue weighted by Crippen LogP contribution is 2.49. The van der Waals surface area contributed by atoms with E-state index in [-0.39, 0.29) is 41.8 Å². The van der Waals surface area contributed by atoms with Gasteiger partial charge in [-0.15, -0.1) is 24.0 Å². The maximum Gasteiger partial charge on any atom is 0.239 e. The molecule has 1 fully saturated rings. The minimum atomic E-state index is -0.0123. The number of amides is 1. The zero-order valence-corrected chi connectivity index (χ0v) is 18.1. The molecule has 0 saturated heterocycles. The van der Waals surface area contributed by atoms with Crippen LogP contribution in [0.4, 0.5) is 0 Å². The number of nitrogens with one attached hydrogen (secondary N) is 3. The van der Waals surface area contributed by atoms with Crippen LogP contribution in [0.5, 0.6) is 0 Å². The maximum atomic E-state index is 11.6. The molecule has 0 heterocycles. The smallest absolute Gasteiger partial charge is 0.239 e. The number of carbonyl (C=O) groups excluding carboxylic acids is 1. The van der Waals surface area contributed by atoms with Gasteiger partial charge in [-0.2, -0.15) is 0 Å². The molecule has 0 aromatic heterocycles. The van der Waals surface area contributed by atoms with Gasteiger partial charge in [0.05, 0.1) is 6.54 Å². The van der Waals surface area contributed by atoms with Crippen molar-refractivity contribution in [2.45, 2.75) is 31.6 Å². The zero-order chi connectivity index (χ0) is 16.7. The lowest BCUT2D eigenvalue weighted by Gasteiger charge is -2.20. The largest absolute Gasteiger partial charge is 0.356 e. The van der Waals surface area contributed by atoms with Gasteiger partial charge in [0.2, 0.25) is 5.91 Å². The van der Waals surface area contributed by atoms with Gasteiger partial charge in [0, 0.05) is 30.0 Å². The molecule has 1 aliphatic carbocycles. The van der Waals surface area contributed by atoms with Crippen molar-refractivity contribution in [1.82, 2.24) is 16.0 Å². The number of hydrogen-bond donors (Lipinski definition) is 3. The van der Waals surface area contributed by atoms with Crippen molar-refractivity contribution >= 4 is 51.8 Å². The molecule has 7 heteroatoms. The van der Waals surface area contributed by atoms with Crippen molar-refractivity contribution in [3.63, 3.8) is 0 Å². The summed E-state index contributed by atoms with van der Waals surface area (Å²) in [5.74, 6) is 0.650. The number of rotatable bonds is 7. The normalized spacial score (nSPS) is 15.2. The molecule has 1 amide bonds. The summed E-state index contributed by atoms with van der Waals surface area (Å²) in [6.07, 6.45) is 3.26. The molecule has 24 heavy (non-hydrogen) atoms. The van der Waals surface area contributed by atoms with Crippen LogP contribution >= 0.6 is 39.9 Å². The molecule has 0 bridgehead atoms. The fourth-order valence-corrected chi connectivity index (χ4v) is 3.25. The van der Waals surface area contributed by atoms with Gasteiger partial charge in [-0.1, -0.05) is 41.1 Å². The van der Waals surface area contributed by atoms with E-state index in [0.29, 0.717) is 12.5 Å². The molecule has 1 aromatic carbocycles. The highest BCUT2D eigenvalue weighted by atomic mass is 127. The molecule has 0 aliphatic heterocycles. The minimum Gasteiger partial charge on any atom is -0.356 e. The van der Waals surface area contributed by atoms with E-state index in [1.165, 1.54) is 5.56 Å². The van der Waals surface area contributed by atoms with E-state index in [1.807, 2.05) is 13.0 Å². The third-order valence-corrected chi connectivity index (χ3v) is 4.80. The Balaban J connectivity index is 0.00000288. The van der Waals surface area contributed by atoms with Gasteiger partial charge in [-0.05, 0) is 30.9 Å². The van der Waals surface area contributed by atoms with E-state index in [2.05, 4.69) is 55.1 Å². The summed E-state index contributed by atoms with van der Waals surface area (Å²) >= 11 is 3.64. The van der Waals surface area contributed by atoms with E-state index < -0.39 is 0 Å². The van der Waals surface area contributed by atoms with E-state index in [1.54, 1.807) is 7.05 Å². The Kier molecular flexibility index (Phi) is 9.04. The average molecular weight is 509 g/mol. The highest BCUT2D eigenvalue weighted by Gasteiger charge is 2.45. The molecule has 1 aromatic rings. The average Bonchev–Trinajstić information content (AvgIpc) is 3.34. The number of hydrogen-bond acceptors (Lipinski definition) is 2. The Labute approximate surface area is 169 Å². The fraction of sp³-hybridized carbons (Fsp3) is 0.529. The van der Waals surface area contributed by atoms with Gasteiger partial charge in [-0.25, -0.2) is 0 Å². The number of nitrogens with zero attached hydrogens (tertiary/aromatic N) is 1. The molecule has 5 nitrogen and oxygen atoms in total. The Morgan fingerprint density at radius 2 is 1.96 bits per heavy atom. The highest BCUT2D eigenvalue weighted by molar-refractivity contribution is 14.0. The topological polar surface area (TPSA) is 65.5 Å². The molecule has 1 saturated carbocycles. The molecule has 0 spiro atoms. The van der Waals surface area contributed by atoms with Crippen LogP contribution in [0.3, 0.4) is 0 Å². The number of carbonyl (C=O) groups is 1. The molecule has 0 unspecified atom stereocenters. The van der Waals surface area contributed by atoms with Gasteiger partial charge in [-0.3, -0.25) is 9.79 Å². The molecule has 2 rings (SSSR count). The van der Waals surface area contributed by atoms with Crippen LogP contribution in [-0.2, 0) is 10.2 Å². The van der Waals surface area contributed by atoms with Crippen LogP contribution in [0.1, 0.15) is 31.7 Å². The van der Waals surface area contributed by atoms with Crippen molar-refractivity contribution in [2.75, 3.05) is 26.7 Å². The van der Waals surface area contributed by atoms with Crippen LogP contribution in [-0.4, -0.2) is 38.5 Å². The number of benzene rings is 1. The van der Waals surface area contributed by atoms with Crippen LogP contribution in [0.25, 0.3) is 0 Å². The van der Waals surface area contributed by atoms with E-state index in [0.717, 1.165) is 30.3 Å². The Hall–Kier alpha value is -0.830. The summed E-state index contributed by atoms with van der Waals surface area (Å²) in [5.41, 5.74) is 1.51. The Bertz CT molecular complexity index is 575. The first kappa shape index (κ1) is 21.2. The van der Waals surface area contributed by atoms with E-state index in [4.69, 9.17) is 0 Å². The third-order valence-electron chi connectivity index (χ3n) is 4.11. The van der Waals surface area contributed by atoms with Crippen LogP contribution in [0.2, 0.25) is 0 Å². The lowest BCUT2D eigenvalue weighted by molar-refractivity contribution is -0.120. The van der Waals surface area contributed by atoms with Gasteiger partial charge < -0.3 is 16.0 Å². The molecule has 0 radical (unpaired) electrons. The molecular weight excluding hydrogens is 483 g/mol. The van der Waals surface area contributed by atoms with Crippen LogP contribution in [0, 0.1) is 0 Å². The molecule has 134 valence electrons. The number of halogens is 2. The summed E-state index contributed by atoms with van der Waals surface area (Å²) in [4.78, 5) is 15.8. The zero-order valence-electron chi connectivity index (χ0n) is 14.2. The number of guanidine groups is 1. The van der Waals surface area contributed by atoms with Gasteiger partial charge >= 0.3 is 0 Å². The van der Waals surface area contributed by atoms with Crippen LogP contribution < -0.4 is 16.0 Å². The van der Waals surface area contributed by atoms with Crippen molar-refractivity contribution < 1.29 is 4.79 Å². The molecular formula is C17H26BrIN4O. The third kappa shape index (κ3) is 5.91. The second-order valence-electron chi connectivity index (χ2n) is 5.89. The first-order chi connectivity index (χ1) is 11.1. The second-order valence-corrected chi connectivity index (χ2v) is 6.74. The van der Waals surface area contributed by atoms with Gasteiger partial charge in [0.25, 0.3) is 0 Å². The molecule has 0 atom stereocenters. The Morgan fingerprint density at radius 3 is 2.54 bits per heavy atom. The van der Waals surface area contributed by atoms with Gasteiger partial charge in [0.1, 0.15) is 0 Å². The first-order valence-corrected chi connectivity index (χ1v) is 8.87. The summed E-state index contributed by atoms with van der Waals surface area (Å²) in [5, 5.41) is 9.25. The number of aliphatic imine (C=N–C) groups is 1. The predicted octanol–water partition coefficient (Wildman–Crippen LogP) is 2.79. The maximum absolute atomic E-state index is 11.6. The monoisotopic (exact) mass is 508 g/mol. The predicted molar refractivity (Wildman–Crippen MR) is 113 cm³/mol. The summed E-state index contributed by atoms with van der Waals surface area (Å²) < 4.78 is 1.15. The standard InChI is InChI=1S/C17H25BrN4O.HI/c1-3-10-20-15(23)11-21-16(19-2)22-12-17(8-9-17)13-6-4-5-7-14(13)18;/h4-7H,3,8-12H2,1-2H3,(H,20,23)(H2,19,21,22);1H. The van der Waals surface area contributed by atoms with Crippen molar-refractivity contribution in [3.8, 4) is 0 Å². The molecule has 3 N–H and O–H groups in total. The lowest BCUT2D eigenvalue weighted by Crippen LogP contribution is -2.45. The van der Waals surface area contributed by atoms with E-state index >= 15 is 0 Å². The second kappa shape index (κ2) is 10.2. The molecule has 1 aliphatic rings. The SMILES string of the molecule is CCCNC(=O)CNC(=NC)NCC1(c2ccccc2Br)CC1.I. The summed E-state index contributed by atoms with van der Waals surface area (Å²) in [6.45, 7) is 3.79. The van der Waals surface area contributed by atoms with Gasteiger partial charge in [0.15, 0.2) is 5.96 Å².